The van der Waals surface area contributed by atoms with Gasteiger partial charge in [0.05, 0.1) is 16.1 Å². The number of halogens is 4. The molecule has 0 atom stereocenters. The number of piperidine rings is 1. The Morgan fingerprint density at radius 2 is 1.62 bits per heavy atom. The molecule has 0 aromatic heterocycles. The number of carbonyl (C=O) groups is 1. The summed E-state index contributed by atoms with van der Waals surface area (Å²) in [6.07, 6.45) is -4.11. The van der Waals surface area contributed by atoms with Crippen LogP contribution in [0.25, 0.3) is 0 Å². The standard InChI is InChI=1S/C19H18BrF3N2O3S/c20-14-5-7-15(8-6-14)29(27,28)25-11-9-13(10-12-25)18(26)24-17-4-2-1-3-16(17)19(21,22)23/h1-8,13H,9-12H2,(H,24,26). The summed E-state index contributed by atoms with van der Waals surface area (Å²) in [4.78, 5) is 12.6. The van der Waals surface area contributed by atoms with Crippen molar-refractivity contribution in [3.05, 3.63) is 58.6 Å². The highest BCUT2D eigenvalue weighted by molar-refractivity contribution is 9.10. The van der Waals surface area contributed by atoms with Gasteiger partial charge in [-0.15, -0.1) is 0 Å². The van der Waals surface area contributed by atoms with Gasteiger partial charge in [-0.2, -0.15) is 17.5 Å². The lowest BCUT2D eigenvalue weighted by molar-refractivity contribution is -0.137. The summed E-state index contributed by atoms with van der Waals surface area (Å²) >= 11 is 3.25. The molecule has 10 heteroatoms. The Hall–Kier alpha value is -1.91. The van der Waals surface area contributed by atoms with Crippen molar-refractivity contribution in [2.75, 3.05) is 18.4 Å². The Morgan fingerprint density at radius 1 is 1.03 bits per heavy atom. The number of nitrogens with zero attached hydrogens (tertiary/aromatic N) is 1. The van der Waals surface area contributed by atoms with Crippen molar-refractivity contribution in [3.8, 4) is 0 Å². The van der Waals surface area contributed by atoms with Gasteiger partial charge in [0.2, 0.25) is 15.9 Å². The van der Waals surface area contributed by atoms with E-state index in [1.54, 1.807) is 12.1 Å². The number of alkyl halides is 3. The van der Waals surface area contributed by atoms with Crippen LogP contribution in [0.15, 0.2) is 57.9 Å². The maximum atomic E-state index is 13.1. The van der Waals surface area contributed by atoms with Crippen molar-refractivity contribution < 1.29 is 26.4 Å². The highest BCUT2D eigenvalue weighted by atomic mass is 79.9. The lowest BCUT2D eigenvalue weighted by atomic mass is 9.97. The summed E-state index contributed by atoms with van der Waals surface area (Å²) in [5.41, 5.74) is -1.21. The van der Waals surface area contributed by atoms with Gasteiger partial charge in [-0.1, -0.05) is 28.1 Å². The fourth-order valence-corrected chi connectivity index (χ4v) is 4.92. The van der Waals surface area contributed by atoms with Gasteiger partial charge in [-0.25, -0.2) is 8.42 Å². The third kappa shape index (κ3) is 4.99. The van der Waals surface area contributed by atoms with E-state index in [1.807, 2.05) is 0 Å². The molecule has 0 spiro atoms. The summed E-state index contributed by atoms with van der Waals surface area (Å²) in [6, 6.07) is 11.0. The Morgan fingerprint density at radius 3 is 2.21 bits per heavy atom. The topological polar surface area (TPSA) is 66.5 Å². The molecule has 1 aliphatic heterocycles. The van der Waals surface area contributed by atoms with E-state index in [0.29, 0.717) is 0 Å². The quantitative estimate of drug-likeness (QED) is 0.685. The zero-order chi connectivity index (χ0) is 21.2. The molecule has 0 aliphatic carbocycles. The number of carbonyl (C=O) groups excluding carboxylic acids is 1. The third-order valence-corrected chi connectivity index (χ3v) is 7.21. The molecule has 1 aliphatic rings. The Bertz CT molecular complexity index is 987. The van der Waals surface area contributed by atoms with Gasteiger partial charge < -0.3 is 5.32 Å². The molecule has 1 amide bonds. The van der Waals surface area contributed by atoms with Gasteiger partial charge in [0.25, 0.3) is 0 Å². The van der Waals surface area contributed by atoms with Gasteiger partial charge in [0.1, 0.15) is 0 Å². The van der Waals surface area contributed by atoms with E-state index in [-0.39, 0.29) is 36.5 Å². The molecule has 1 heterocycles. The van der Waals surface area contributed by atoms with Crippen LogP contribution in [0.3, 0.4) is 0 Å². The predicted octanol–water partition coefficient (Wildman–Crippen LogP) is 4.51. The van der Waals surface area contributed by atoms with Crippen molar-refractivity contribution in [1.82, 2.24) is 4.31 Å². The Kier molecular flexibility index (Phi) is 6.35. The Balaban J connectivity index is 1.65. The first-order valence-corrected chi connectivity index (χ1v) is 11.0. The molecular weight excluding hydrogens is 473 g/mol. The van der Waals surface area contributed by atoms with E-state index in [4.69, 9.17) is 0 Å². The number of para-hydroxylation sites is 1. The second-order valence-corrected chi connectivity index (χ2v) is 9.52. The minimum Gasteiger partial charge on any atom is -0.325 e. The summed E-state index contributed by atoms with van der Waals surface area (Å²) in [5, 5.41) is 2.35. The molecule has 2 aromatic rings. The van der Waals surface area contributed by atoms with Crippen molar-refractivity contribution >= 4 is 37.5 Å². The summed E-state index contributed by atoms with van der Waals surface area (Å²) < 4.78 is 66.7. The minimum absolute atomic E-state index is 0.122. The van der Waals surface area contributed by atoms with Gasteiger partial charge >= 0.3 is 6.18 Å². The van der Waals surface area contributed by atoms with Crippen LogP contribution in [0.4, 0.5) is 18.9 Å². The van der Waals surface area contributed by atoms with Crippen molar-refractivity contribution in [1.29, 1.82) is 0 Å². The van der Waals surface area contributed by atoms with E-state index < -0.39 is 33.6 Å². The number of benzene rings is 2. The van der Waals surface area contributed by atoms with Crippen LogP contribution < -0.4 is 5.32 Å². The largest absolute Gasteiger partial charge is 0.418 e. The highest BCUT2D eigenvalue weighted by Gasteiger charge is 2.35. The number of anilines is 1. The van der Waals surface area contributed by atoms with Crippen LogP contribution >= 0.6 is 15.9 Å². The van der Waals surface area contributed by atoms with Crippen molar-refractivity contribution in [2.24, 2.45) is 5.92 Å². The summed E-state index contributed by atoms with van der Waals surface area (Å²) in [7, 11) is -3.68. The van der Waals surface area contributed by atoms with Crippen LogP contribution in [-0.2, 0) is 21.0 Å². The first-order chi connectivity index (χ1) is 13.6. The second kappa shape index (κ2) is 8.45. The monoisotopic (exact) mass is 490 g/mol. The molecule has 0 radical (unpaired) electrons. The highest BCUT2D eigenvalue weighted by Crippen LogP contribution is 2.35. The van der Waals surface area contributed by atoms with Crippen LogP contribution in [0.2, 0.25) is 0 Å². The van der Waals surface area contributed by atoms with Crippen molar-refractivity contribution in [2.45, 2.75) is 23.9 Å². The molecule has 0 bridgehead atoms. The van der Waals surface area contributed by atoms with Gasteiger partial charge in [0, 0.05) is 23.5 Å². The maximum absolute atomic E-state index is 13.1. The molecule has 1 fully saturated rings. The minimum atomic E-state index is -4.58. The van der Waals surface area contributed by atoms with Crippen LogP contribution in [0.5, 0.6) is 0 Å². The Labute approximate surface area is 175 Å². The van der Waals surface area contributed by atoms with E-state index in [0.717, 1.165) is 10.5 Å². The summed E-state index contributed by atoms with van der Waals surface area (Å²) in [5.74, 6) is -1.10. The third-order valence-electron chi connectivity index (χ3n) is 4.77. The van der Waals surface area contributed by atoms with E-state index >= 15 is 0 Å². The van der Waals surface area contributed by atoms with Crippen LogP contribution in [0, 0.1) is 5.92 Å². The predicted molar refractivity (Wildman–Crippen MR) is 106 cm³/mol. The van der Waals surface area contributed by atoms with E-state index in [1.165, 1.54) is 34.6 Å². The number of rotatable bonds is 4. The molecule has 1 saturated heterocycles. The lowest BCUT2D eigenvalue weighted by Crippen LogP contribution is -2.41. The van der Waals surface area contributed by atoms with Gasteiger partial charge in [-0.3, -0.25) is 4.79 Å². The SMILES string of the molecule is O=C(Nc1ccccc1C(F)(F)F)C1CCN(S(=O)(=O)c2ccc(Br)cc2)CC1. The molecule has 156 valence electrons. The maximum Gasteiger partial charge on any atom is 0.418 e. The zero-order valence-electron chi connectivity index (χ0n) is 15.1. The number of amides is 1. The average Bonchev–Trinajstić information content (AvgIpc) is 2.68. The molecule has 29 heavy (non-hydrogen) atoms. The van der Waals surface area contributed by atoms with Crippen molar-refractivity contribution in [3.63, 3.8) is 0 Å². The van der Waals surface area contributed by atoms with Gasteiger partial charge in [0.15, 0.2) is 0 Å². The molecule has 0 saturated carbocycles. The number of hydrogen-bond donors (Lipinski definition) is 1. The fraction of sp³-hybridized carbons (Fsp3) is 0.316. The second-order valence-electron chi connectivity index (χ2n) is 6.66. The fourth-order valence-electron chi connectivity index (χ4n) is 3.19. The molecule has 5 nitrogen and oxygen atoms in total. The zero-order valence-corrected chi connectivity index (χ0v) is 17.5. The number of nitrogens with one attached hydrogen (secondary N) is 1. The normalized spacial score (nSPS) is 16.6. The first-order valence-electron chi connectivity index (χ1n) is 8.82. The lowest BCUT2D eigenvalue weighted by Gasteiger charge is -2.30. The molecule has 2 aromatic carbocycles. The van der Waals surface area contributed by atoms with E-state index in [9.17, 15) is 26.4 Å². The molecular formula is C19H18BrF3N2O3S. The molecule has 3 rings (SSSR count). The average molecular weight is 491 g/mol. The van der Waals surface area contributed by atoms with Crippen LogP contribution in [-0.4, -0.2) is 31.7 Å². The molecule has 1 N–H and O–H groups in total. The smallest absolute Gasteiger partial charge is 0.325 e. The first kappa shape index (κ1) is 21.8. The van der Waals surface area contributed by atoms with Crippen LogP contribution in [0.1, 0.15) is 18.4 Å². The summed E-state index contributed by atoms with van der Waals surface area (Å²) in [6.45, 7) is 0.245. The van der Waals surface area contributed by atoms with E-state index in [2.05, 4.69) is 21.2 Å². The number of sulfonamides is 1. The van der Waals surface area contributed by atoms with Gasteiger partial charge in [-0.05, 0) is 49.2 Å². The number of hydrogen-bond acceptors (Lipinski definition) is 3. The molecule has 0 unspecified atom stereocenters.